The standard InChI is InChI=1S/C24H26N2O5/c1-15(2)21(26-22(27)17-7-5-16(3)6-8-17)24(28)31-14-19-13-30-23(25-19)18-9-11-20(29-4)12-10-18/h5-13,15,21H,14H2,1-4H3,(H,26,27)/t21-/m0/s1. The maximum Gasteiger partial charge on any atom is 0.329 e. The van der Waals surface area contributed by atoms with Crippen molar-refractivity contribution in [1.82, 2.24) is 10.3 Å². The number of benzene rings is 2. The van der Waals surface area contributed by atoms with Crippen LogP contribution >= 0.6 is 0 Å². The summed E-state index contributed by atoms with van der Waals surface area (Å²) in [5, 5.41) is 2.76. The first-order valence-electron chi connectivity index (χ1n) is 10.0. The van der Waals surface area contributed by atoms with Gasteiger partial charge in [0.1, 0.15) is 30.4 Å². The van der Waals surface area contributed by atoms with Gasteiger partial charge >= 0.3 is 5.97 Å². The minimum Gasteiger partial charge on any atom is -0.497 e. The third-order valence-electron chi connectivity index (χ3n) is 4.77. The van der Waals surface area contributed by atoms with Crippen molar-refractivity contribution >= 4 is 11.9 Å². The number of methoxy groups -OCH3 is 1. The average molecular weight is 422 g/mol. The Balaban J connectivity index is 1.60. The van der Waals surface area contributed by atoms with E-state index in [2.05, 4.69) is 10.3 Å². The van der Waals surface area contributed by atoms with Gasteiger partial charge in [-0.3, -0.25) is 4.79 Å². The molecular weight excluding hydrogens is 396 g/mol. The number of amides is 1. The van der Waals surface area contributed by atoms with Crippen LogP contribution in [-0.2, 0) is 16.1 Å². The number of hydrogen-bond donors (Lipinski definition) is 1. The molecule has 1 heterocycles. The molecular formula is C24H26N2O5. The van der Waals surface area contributed by atoms with E-state index in [0.717, 1.165) is 16.9 Å². The lowest BCUT2D eigenvalue weighted by atomic mass is 10.0. The molecule has 0 unspecified atom stereocenters. The quantitative estimate of drug-likeness (QED) is 0.548. The molecule has 3 aromatic rings. The fourth-order valence-electron chi connectivity index (χ4n) is 2.90. The largest absolute Gasteiger partial charge is 0.497 e. The molecule has 2 aromatic carbocycles. The second kappa shape index (κ2) is 9.93. The molecule has 0 saturated carbocycles. The van der Waals surface area contributed by atoms with Gasteiger partial charge in [0.05, 0.1) is 7.11 Å². The minimum absolute atomic E-state index is 0.0535. The number of hydrogen-bond acceptors (Lipinski definition) is 6. The van der Waals surface area contributed by atoms with E-state index in [-0.39, 0.29) is 18.4 Å². The molecule has 0 aliphatic carbocycles. The first-order chi connectivity index (χ1) is 14.9. The second-order valence-electron chi connectivity index (χ2n) is 7.54. The Labute approximate surface area is 181 Å². The van der Waals surface area contributed by atoms with E-state index >= 15 is 0 Å². The van der Waals surface area contributed by atoms with Crippen molar-refractivity contribution in [3.05, 3.63) is 71.6 Å². The first-order valence-corrected chi connectivity index (χ1v) is 10.0. The maximum absolute atomic E-state index is 12.6. The van der Waals surface area contributed by atoms with Gasteiger partial charge in [-0.2, -0.15) is 0 Å². The summed E-state index contributed by atoms with van der Waals surface area (Å²) in [7, 11) is 1.60. The molecule has 0 aliphatic heterocycles. The highest BCUT2D eigenvalue weighted by molar-refractivity contribution is 5.96. The summed E-state index contributed by atoms with van der Waals surface area (Å²) in [6.45, 7) is 5.58. The lowest BCUT2D eigenvalue weighted by Gasteiger charge is -2.20. The fourth-order valence-corrected chi connectivity index (χ4v) is 2.90. The van der Waals surface area contributed by atoms with E-state index in [1.165, 1.54) is 6.26 Å². The van der Waals surface area contributed by atoms with Crippen LogP contribution in [0, 0.1) is 12.8 Å². The van der Waals surface area contributed by atoms with Gasteiger partial charge in [0.15, 0.2) is 0 Å². The first kappa shape index (κ1) is 22.1. The van der Waals surface area contributed by atoms with E-state index in [9.17, 15) is 9.59 Å². The van der Waals surface area contributed by atoms with Crippen LogP contribution in [0.25, 0.3) is 11.5 Å². The van der Waals surface area contributed by atoms with Gasteiger partial charge in [0.25, 0.3) is 5.91 Å². The molecule has 31 heavy (non-hydrogen) atoms. The van der Waals surface area contributed by atoms with Crippen LogP contribution in [-0.4, -0.2) is 30.0 Å². The number of carbonyl (C=O) groups is 2. The summed E-state index contributed by atoms with van der Waals surface area (Å²) in [6.07, 6.45) is 1.45. The Morgan fingerprint density at radius 3 is 2.35 bits per heavy atom. The highest BCUT2D eigenvalue weighted by atomic mass is 16.5. The average Bonchev–Trinajstić information content (AvgIpc) is 3.25. The van der Waals surface area contributed by atoms with Crippen molar-refractivity contribution < 1.29 is 23.5 Å². The number of ether oxygens (including phenoxy) is 2. The van der Waals surface area contributed by atoms with Gasteiger partial charge < -0.3 is 19.2 Å². The summed E-state index contributed by atoms with van der Waals surface area (Å²) in [5.74, 6) is 0.163. The Kier molecular flexibility index (Phi) is 7.07. The summed E-state index contributed by atoms with van der Waals surface area (Å²) >= 11 is 0. The van der Waals surface area contributed by atoms with Gasteiger partial charge in [0.2, 0.25) is 5.89 Å². The predicted molar refractivity (Wildman–Crippen MR) is 116 cm³/mol. The smallest absolute Gasteiger partial charge is 0.329 e. The number of oxazole rings is 1. The van der Waals surface area contributed by atoms with Gasteiger partial charge in [0, 0.05) is 11.1 Å². The zero-order valence-electron chi connectivity index (χ0n) is 18.0. The van der Waals surface area contributed by atoms with Crippen molar-refractivity contribution in [2.75, 3.05) is 7.11 Å². The molecule has 7 nitrogen and oxygen atoms in total. The monoisotopic (exact) mass is 422 g/mol. The maximum atomic E-state index is 12.6. The number of esters is 1. The number of nitrogens with zero attached hydrogens (tertiary/aromatic N) is 1. The Morgan fingerprint density at radius 2 is 1.74 bits per heavy atom. The molecule has 0 fully saturated rings. The number of rotatable bonds is 8. The number of nitrogens with one attached hydrogen (secondary N) is 1. The molecule has 0 spiro atoms. The number of carbonyl (C=O) groups excluding carboxylic acids is 2. The molecule has 0 aliphatic rings. The Hall–Kier alpha value is -3.61. The van der Waals surface area contributed by atoms with Crippen LogP contribution < -0.4 is 10.1 Å². The molecule has 1 atom stereocenters. The van der Waals surface area contributed by atoms with Crippen LogP contribution in [0.4, 0.5) is 0 Å². The number of aryl methyl sites for hydroxylation is 1. The highest BCUT2D eigenvalue weighted by Gasteiger charge is 2.26. The summed E-state index contributed by atoms with van der Waals surface area (Å²) in [6, 6.07) is 13.7. The van der Waals surface area contributed by atoms with Crippen molar-refractivity contribution in [2.45, 2.75) is 33.4 Å². The number of aromatic nitrogens is 1. The van der Waals surface area contributed by atoms with Crippen LogP contribution in [0.1, 0.15) is 35.5 Å². The van der Waals surface area contributed by atoms with Crippen LogP contribution in [0.5, 0.6) is 5.75 Å². The third kappa shape index (κ3) is 5.72. The van der Waals surface area contributed by atoms with E-state index in [4.69, 9.17) is 13.9 Å². The normalized spacial score (nSPS) is 11.8. The fraction of sp³-hybridized carbons (Fsp3) is 0.292. The van der Waals surface area contributed by atoms with Gasteiger partial charge in [-0.1, -0.05) is 31.5 Å². The molecule has 3 rings (SSSR count). The topological polar surface area (TPSA) is 90.7 Å². The summed E-state index contributed by atoms with van der Waals surface area (Å²) in [5.41, 5.74) is 2.80. The van der Waals surface area contributed by atoms with Gasteiger partial charge in [-0.25, -0.2) is 9.78 Å². The molecule has 1 amide bonds. The summed E-state index contributed by atoms with van der Waals surface area (Å²) in [4.78, 5) is 29.5. The predicted octanol–water partition coefficient (Wildman–Crippen LogP) is 4.16. The highest BCUT2D eigenvalue weighted by Crippen LogP contribution is 2.22. The Bertz CT molecular complexity index is 1020. The lowest BCUT2D eigenvalue weighted by Crippen LogP contribution is -2.45. The van der Waals surface area contributed by atoms with E-state index in [0.29, 0.717) is 17.1 Å². The van der Waals surface area contributed by atoms with Gasteiger partial charge in [-0.05, 0) is 49.2 Å². The molecule has 1 aromatic heterocycles. The van der Waals surface area contributed by atoms with Crippen molar-refractivity contribution in [3.63, 3.8) is 0 Å². The zero-order chi connectivity index (χ0) is 22.4. The molecule has 0 saturated heterocycles. The zero-order valence-corrected chi connectivity index (χ0v) is 18.0. The minimum atomic E-state index is -0.776. The van der Waals surface area contributed by atoms with Crippen molar-refractivity contribution in [3.8, 4) is 17.2 Å². The van der Waals surface area contributed by atoms with Crippen molar-refractivity contribution in [2.24, 2.45) is 5.92 Å². The van der Waals surface area contributed by atoms with E-state index < -0.39 is 12.0 Å². The lowest BCUT2D eigenvalue weighted by molar-refractivity contribution is -0.148. The summed E-state index contributed by atoms with van der Waals surface area (Å²) < 4.78 is 16.0. The van der Waals surface area contributed by atoms with E-state index in [1.807, 2.05) is 57.2 Å². The Morgan fingerprint density at radius 1 is 1.06 bits per heavy atom. The SMILES string of the molecule is COc1ccc(-c2nc(COC(=O)[C@@H](NC(=O)c3ccc(C)cc3)C(C)C)co2)cc1. The van der Waals surface area contributed by atoms with Crippen LogP contribution in [0.15, 0.2) is 59.2 Å². The van der Waals surface area contributed by atoms with Crippen LogP contribution in [0.3, 0.4) is 0 Å². The third-order valence-corrected chi connectivity index (χ3v) is 4.77. The molecule has 7 heteroatoms. The molecule has 162 valence electrons. The molecule has 0 bridgehead atoms. The molecule has 1 N–H and O–H groups in total. The van der Waals surface area contributed by atoms with Gasteiger partial charge in [-0.15, -0.1) is 0 Å². The van der Waals surface area contributed by atoms with Crippen LogP contribution in [0.2, 0.25) is 0 Å². The van der Waals surface area contributed by atoms with E-state index in [1.54, 1.807) is 19.2 Å². The second-order valence-corrected chi connectivity index (χ2v) is 7.54. The molecule has 0 radical (unpaired) electrons. The van der Waals surface area contributed by atoms with Crippen molar-refractivity contribution in [1.29, 1.82) is 0 Å².